The van der Waals surface area contributed by atoms with Crippen molar-refractivity contribution in [2.24, 2.45) is 0 Å². The van der Waals surface area contributed by atoms with E-state index < -0.39 is 0 Å². The van der Waals surface area contributed by atoms with Crippen molar-refractivity contribution in [2.45, 2.75) is 0 Å². The maximum Gasteiger partial charge on any atom is 0.257 e. The lowest BCUT2D eigenvalue weighted by Gasteiger charge is -2.07. The van der Waals surface area contributed by atoms with Gasteiger partial charge in [0.05, 0.1) is 19.8 Å². The largest absolute Gasteiger partial charge is 0.497 e. The molecule has 0 radical (unpaired) electrons. The third-order valence-electron chi connectivity index (χ3n) is 4.19. The van der Waals surface area contributed by atoms with Crippen LogP contribution in [0.4, 0.5) is 0 Å². The van der Waals surface area contributed by atoms with Crippen LogP contribution in [0.2, 0.25) is 0 Å². The summed E-state index contributed by atoms with van der Waals surface area (Å²) in [6, 6.07) is 10.4. The zero-order chi connectivity index (χ0) is 16.1. The summed E-state index contributed by atoms with van der Waals surface area (Å²) < 4.78 is 10.4. The second-order valence-corrected chi connectivity index (χ2v) is 5.36. The molecule has 0 amide bonds. The molecule has 1 aliphatic rings. The number of H-pyrrole nitrogens is 1. The topological polar surface area (TPSA) is 68.4 Å². The summed E-state index contributed by atoms with van der Waals surface area (Å²) in [6.07, 6.45) is 0. The number of ketones is 1. The van der Waals surface area contributed by atoms with E-state index in [2.05, 4.69) is 4.98 Å². The highest BCUT2D eigenvalue weighted by Gasteiger charge is 2.31. The number of nitrogens with one attached hydrogen (secondary N) is 1. The summed E-state index contributed by atoms with van der Waals surface area (Å²) in [5.41, 5.74) is 2.27. The van der Waals surface area contributed by atoms with Crippen molar-refractivity contribution >= 4 is 16.7 Å². The summed E-state index contributed by atoms with van der Waals surface area (Å²) in [6.45, 7) is 0. The van der Waals surface area contributed by atoms with E-state index in [0.29, 0.717) is 44.7 Å². The monoisotopic (exact) mass is 307 g/mol. The number of hydrogen-bond acceptors (Lipinski definition) is 4. The van der Waals surface area contributed by atoms with Crippen LogP contribution in [-0.2, 0) is 0 Å². The van der Waals surface area contributed by atoms with Gasteiger partial charge in [0.25, 0.3) is 5.56 Å². The molecule has 1 N–H and O–H groups in total. The average Bonchev–Trinajstić information content (AvgIpc) is 2.88. The molecule has 5 heteroatoms. The Labute approximate surface area is 131 Å². The van der Waals surface area contributed by atoms with Crippen LogP contribution >= 0.6 is 0 Å². The van der Waals surface area contributed by atoms with Gasteiger partial charge in [-0.2, -0.15) is 0 Å². The highest BCUT2D eigenvalue weighted by molar-refractivity contribution is 6.27. The number of aromatic amines is 1. The fourth-order valence-corrected chi connectivity index (χ4v) is 3.08. The molecule has 0 bridgehead atoms. The SMILES string of the molecule is COc1ccc2c(c1)-c1c(c3cc(OC)ccc3[nH]c1=O)C2=O. The smallest absolute Gasteiger partial charge is 0.257 e. The van der Waals surface area contributed by atoms with Crippen LogP contribution < -0.4 is 15.0 Å². The first-order chi connectivity index (χ1) is 11.1. The second kappa shape index (κ2) is 4.71. The molecule has 1 heterocycles. The van der Waals surface area contributed by atoms with Crippen molar-refractivity contribution in [3.8, 4) is 22.6 Å². The molecule has 2 aromatic carbocycles. The Balaban J connectivity index is 2.13. The Morgan fingerprint density at radius 1 is 0.826 bits per heavy atom. The number of rotatable bonds is 2. The summed E-state index contributed by atoms with van der Waals surface area (Å²) >= 11 is 0. The molecular formula is C18H13NO4. The van der Waals surface area contributed by atoms with Crippen molar-refractivity contribution < 1.29 is 14.3 Å². The maximum absolute atomic E-state index is 12.8. The first-order valence-electron chi connectivity index (χ1n) is 7.11. The number of hydrogen-bond donors (Lipinski definition) is 1. The van der Waals surface area contributed by atoms with Gasteiger partial charge < -0.3 is 14.5 Å². The van der Waals surface area contributed by atoms with Crippen molar-refractivity contribution in [2.75, 3.05) is 14.2 Å². The van der Waals surface area contributed by atoms with Gasteiger partial charge in [-0.1, -0.05) is 0 Å². The number of methoxy groups -OCH3 is 2. The highest BCUT2D eigenvalue weighted by atomic mass is 16.5. The van der Waals surface area contributed by atoms with E-state index in [0.717, 1.165) is 0 Å². The van der Waals surface area contributed by atoms with Gasteiger partial charge in [0.1, 0.15) is 11.5 Å². The molecule has 0 saturated heterocycles. The molecule has 23 heavy (non-hydrogen) atoms. The number of carbonyl (C=O) groups excluding carboxylic acids is 1. The molecule has 114 valence electrons. The van der Waals surface area contributed by atoms with Gasteiger partial charge in [-0.25, -0.2) is 0 Å². The lowest BCUT2D eigenvalue weighted by Crippen LogP contribution is -2.11. The summed E-state index contributed by atoms with van der Waals surface area (Å²) in [4.78, 5) is 28.2. The van der Waals surface area contributed by atoms with Crippen molar-refractivity contribution in [1.29, 1.82) is 0 Å². The van der Waals surface area contributed by atoms with Gasteiger partial charge in [-0.05, 0) is 36.4 Å². The van der Waals surface area contributed by atoms with E-state index in [9.17, 15) is 9.59 Å². The van der Waals surface area contributed by atoms with Crippen molar-refractivity contribution in [1.82, 2.24) is 4.98 Å². The predicted molar refractivity (Wildman–Crippen MR) is 86.5 cm³/mol. The Morgan fingerprint density at radius 3 is 2.26 bits per heavy atom. The number of aromatic nitrogens is 1. The number of carbonyl (C=O) groups is 1. The third kappa shape index (κ3) is 1.80. The van der Waals surface area contributed by atoms with Crippen LogP contribution in [0, 0.1) is 0 Å². The van der Waals surface area contributed by atoms with E-state index in [1.54, 1.807) is 50.6 Å². The van der Waals surface area contributed by atoms with Gasteiger partial charge in [-0.3, -0.25) is 9.59 Å². The molecule has 0 saturated carbocycles. The summed E-state index contributed by atoms with van der Waals surface area (Å²) in [5, 5.41) is 0.680. The lowest BCUT2D eigenvalue weighted by atomic mass is 10.0. The maximum atomic E-state index is 12.8. The number of pyridine rings is 1. The third-order valence-corrected chi connectivity index (χ3v) is 4.19. The summed E-state index contributed by atoms with van der Waals surface area (Å²) in [5.74, 6) is 1.09. The van der Waals surface area contributed by atoms with Crippen LogP contribution in [0.5, 0.6) is 11.5 Å². The molecule has 0 unspecified atom stereocenters. The van der Waals surface area contributed by atoms with Crippen LogP contribution in [-0.4, -0.2) is 25.0 Å². The van der Waals surface area contributed by atoms with Gasteiger partial charge in [0.2, 0.25) is 0 Å². The molecular weight excluding hydrogens is 294 g/mol. The lowest BCUT2D eigenvalue weighted by molar-refractivity contribution is 0.104. The molecule has 0 spiro atoms. The van der Waals surface area contributed by atoms with Gasteiger partial charge in [0, 0.05) is 27.6 Å². The Morgan fingerprint density at radius 2 is 1.52 bits per heavy atom. The fraction of sp³-hybridized carbons (Fsp3) is 0.111. The second-order valence-electron chi connectivity index (χ2n) is 5.36. The predicted octanol–water partition coefficient (Wildman–Crippen LogP) is 2.76. The number of benzene rings is 2. The van der Waals surface area contributed by atoms with Crippen LogP contribution in [0.3, 0.4) is 0 Å². The minimum absolute atomic E-state index is 0.151. The fourth-order valence-electron chi connectivity index (χ4n) is 3.08. The molecule has 1 aliphatic carbocycles. The number of fused-ring (bicyclic) bond motifs is 5. The van der Waals surface area contributed by atoms with Gasteiger partial charge in [0.15, 0.2) is 5.78 Å². The van der Waals surface area contributed by atoms with Gasteiger partial charge in [-0.15, -0.1) is 0 Å². The molecule has 0 aliphatic heterocycles. The first kappa shape index (κ1) is 13.6. The highest BCUT2D eigenvalue weighted by Crippen LogP contribution is 2.39. The minimum atomic E-state index is -0.280. The Kier molecular flexibility index (Phi) is 2.78. The first-order valence-corrected chi connectivity index (χ1v) is 7.11. The molecule has 0 atom stereocenters. The van der Waals surface area contributed by atoms with Crippen LogP contribution in [0.15, 0.2) is 41.2 Å². The average molecular weight is 307 g/mol. The zero-order valence-corrected chi connectivity index (χ0v) is 12.6. The van der Waals surface area contributed by atoms with Crippen molar-refractivity contribution in [3.05, 3.63) is 57.9 Å². The molecule has 1 aromatic heterocycles. The quantitative estimate of drug-likeness (QED) is 0.618. The van der Waals surface area contributed by atoms with Crippen molar-refractivity contribution in [3.63, 3.8) is 0 Å². The zero-order valence-electron chi connectivity index (χ0n) is 12.6. The standard InChI is InChI=1S/C18H13NO4/c1-22-9-3-5-11-12(7-9)16-15(17(11)20)13-8-10(23-2)4-6-14(13)19-18(16)21/h3-8H,1-2H3,(H,19,21). The van der Waals surface area contributed by atoms with Crippen LogP contribution in [0.1, 0.15) is 15.9 Å². The molecule has 0 fully saturated rings. The number of ether oxygens (including phenoxy) is 2. The summed E-state index contributed by atoms with van der Waals surface area (Å²) in [7, 11) is 3.11. The van der Waals surface area contributed by atoms with Crippen LogP contribution in [0.25, 0.3) is 22.0 Å². The van der Waals surface area contributed by atoms with E-state index in [1.165, 1.54) is 0 Å². The van der Waals surface area contributed by atoms with Gasteiger partial charge >= 0.3 is 0 Å². The molecule has 3 aromatic rings. The van der Waals surface area contributed by atoms with E-state index >= 15 is 0 Å². The molecule has 5 nitrogen and oxygen atoms in total. The normalized spacial score (nSPS) is 12.2. The Hall–Kier alpha value is -3.08. The Bertz CT molecular complexity index is 1030. The van der Waals surface area contributed by atoms with E-state index in [4.69, 9.17) is 9.47 Å². The van der Waals surface area contributed by atoms with E-state index in [1.807, 2.05) is 0 Å². The molecule has 4 rings (SSSR count). The van der Waals surface area contributed by atoms with E-state index in [-0.39, 0.29) is 11.3 Å². The minimum Gasteiger partial charge on any atom is -0.497 e.